The maximum absolute atomic E-state index is 4.82. The van der Waals surface area contributed by atoms with Crippen molar-refractivity contribution in [2.75, 3.05) is 0 Å². The van der Waals surface area contributed by atoms with Crippen LogP contribution in [0, 0.1) is 13.8 Å². The molecule has 72 valence electrons. The fourth-order valence-electron chi connectivity index (χ4n) is 1.46. The summed E-state index contributed by atoms with van der Waals surface area (Å²) in [6.45, 7) is 4.14. The molecule has 0 saturated carbocycles. The number of hydrogen-bond donors (Lipinski definition) is 0. The van der Waals surface area contributed by atoms with Crippen molar-refractivity contribution in [2.24, 2.45) is 0 Å². The maximum Gasteiger partial charge on any atom is 0.124 e. The predicted molar refractivity (Wildman–Crippen MR) is 59.1 cm³/mol. The van der Waals surface area contributed by atoms with Gasteiger partial charge in [-0.3, -0.25) is 0 Å². The van der Waals surface area contributed by atoms with Gasteiger partial charge in [-0.25, -0.2) is 0 Å². The van der Waals surface area contributed by atoms with Gasteiger partial charge in [-0.2, -0.15) is 0 Å². The number of rotatable bonds is 1. The summed E-state index contributed by atoms with van der Waals surface area (Å²) >= 11 is 3.53. The van der Waals surface area contributed by atoms with Gasteiger partial charge in [0.25, 0.3) is 0 Å². The molecule has 0 aliphatic rings. The molecule has 1 aromatic carbocycles. The van der Waals surface area contributed by atoms with Gasteiger partial charge >= 0.3 is 0 Å². The molecule has 0 aliphatic carbocycles. The number of benzene rings is 1. The van der Waals surface area contributed by atoms with E-state index in [9.17, 15) is 0 Å². The topological polar surface area (TPSA) is 26.0 Å². The standard InChI is InChI=1S/C11H10BrNO/c1-7-5-9(6-8(2)11(7)12)10-3-4-14-13-10/h3-6H,1-2H3. The second-order valence-corrected chi connectivity index (χ2v) is 4.10. The Morgan fingerprint density at radius 3 is 2.36 bits per heavy atom. The van der Waals surface area contributed by atoms with Crippen LogP contribution in [0.25, 0.3) is 11.3 Å². The lowest BCUT2D eigenvalue weighted by Gasteiger charge is -2.05. The van der Waals surface area contributed by atoms with Crippen molar-refractivity contribution in [3.8, 4) is 11.3 Å². The zero-order valence-corrected chi connectivity index (χ0v) is 9.63. The molecular weight excluding hydrogens is 242 g/mol. The lowest BCUT2D eigenvalue weighted by Crippen LogP contribution is -1.85. The van der Waals surface area contributed by atoms with Gasteiger partial charge in [0.15, 0.2) is 0 Å². The van der Waals surface area contributed by atoms with E-state index in [0.717, 1.165) is 15.7 Å². The Kier molecular flexibility index (Phi) is 2.42. The molecule has 0 aliphatic heterocycles. The molecule has 0 N–H and O–H groups in total. The van der Waals surface area contributed by atoms with Crippen molar-refractivity contribution in [2.45, 2.75) is 13.8 Å². The van der Waals surface area contributed by atoms with Crippen LogP contribution in [-0.2, 0) is 0 Å². The van der Waals surface area contributed by atoms with Crippen molar-refractivity contribution in [1.29, 1.82) is 0 Å². The summed E-state index contributed by atoms with van der Waals surface area (Å²) in [5.41, 5.74) is 4.40. The van der Waals surface area contributed by atoms with Crippen LogP contribution in [0.1, 0.15) is 11.1 Å². The van der Waals surface area contributed by atoms with Crippen molar-refractivity contribution in [3.05, 3.63) is 40.1 Å². The van der Waals surface area contributed by atoms with Crippen LogP contribution in [0.15, 0.2) is 33.5 Å². The van der Waals surface area contributed by atoms with Crippen LogP contribution < -0.4 is 0 Å². The number of aryl methyl sites for hydroxylation is 2. The number of halogens is 1. The van der Waals surface area contributed by atoms with E-state index in [1.165, 1.54) is 11.1 Å². The van der Waals surface area contributed by atoms with Gasteiger partial charge in [-0.15, -0.1) is 0 Å². The van der Waals surface area contributed by atoms with Crippen molar-refractivity contribution >= 4 is 15.9 Å². The summed E-state index contributed by atoms with van der Waals surface area (Å²) in [7, 11) is 0. The van der Waals surface area contributed by atoms with Crippen LogP contribution in [0.5, 0.6) is 0 Å². The summed E-state index contributed by atoms with van der Waals surface area (Å²) < 4.78 is 5.97. The Morgan fingerprint density at radius 1 is 1.21 bits per heavy atom. The largest absolute Gasteiger partial charge is 0.364 e. The Balaban J connectivity index is 2.57. The average molecular weight is 252 g/mol. The normalized spacial score (nSPS) is 10.5. The second-order valence-electron chi connectivity index (χ2n) is 3.31. The summed E-state index contributed by atoms with van der Waals surface area (Å²) in [4.78, 5) is 0. The zero-order valence-electron chi connectivity index (χ0n) is 8.04. The SMILES string of the molecule is Cc1cc(-c2ccon2)cc(C)c1Br. The third-order valence-corrected chi connectivity index (χ3v) is 3.42. The number of hydrogen-bond acceptors (Lipinski definition) is 2. The lowest BCUT2D eigenvalue weighted by molar-refractivity contribution is 0.422. The van der Waals surface area contributed by atoms with Gasteiger partial charge in [0, 0.05) is 16.1 Å². The fraction of sp³-hybridized carbons (Fsp3) is 0.182. The van der Waals surface area contributed by atoms with Gasteiger partial charge in [0.1, 0.15) is 12.0 Å². The molecule has 14 heavy (non-hydrogen) atoms. The molecule has 0 fully saturated rings. The smallest absolute Gasteiger partial charge is 0.124 e. The molecule has 2 rings (SSSR count). The minimum Gasteiger partial charge on any atom is -0.364 e. The molecular formula is C11H10BrNO. The first-order valence-electron chi connectivity index (χ1n) is 4.36. The Bertz CT molecular complexity index is 425. The highest BCUT2D eigenvalue weighted by atomic mass is 79.9. The monoisotopic (exact) mass is 251 g/mol. The van der Waals surface area contributed by atoms with Crippen molar-refractivity contribution in [1.82, 2.24) is 5.16 Å². The first kappa shape index (κ1) is 9.46. The van der Waals surface area contributed by atoms with E-state index in [1.807, 2.05) is 6.07 Å². The maximum atomic E-state index is 4.82. The van der Waals surface area contributed by atoms with Crippen LogP contribution >= 0.6 is 15.9 Å². The van der Waals surface area contributed by atoms with Gasteiger partial charge in [-0.1, -0.05) is 21.1 Å². The van der Waals surface area contributed by atoms with Crippen molar-refractivity contribution < 1.29 is 4.52 Å². The average Bonchev–Trinajstić information content (AvgIpc) is 2.66. The first-order valence-corrected chi connectivity index (χ1v) is 5.15. The molecule has 0 saturated heterocycles. The summed E-state index contributed by atoms with van der Waals surface area (Å²) in [5.74, 6) is 0. The van der Waals surface area contributed by atoms with E-state index in [2.05, 4.69) is 47.1 Å². The van der Waals surface area contributed by atoms with Gasteiger partial charge in [-0.05, 0) is 37.1 Å². The van der Waals surface area contributed by atoms with Crippen LogP contribution in [0.2, 0.25) is 0 Å². The van der Waals surface area contributed by atoms with Crippen LogP contribution in [0.3, 0.4) is 0 Å². The highest BCUT2D eigenvalue weighted by Gasteiger charge is 2.05. The third-order valence-electron chi connectivity index (χ3n) is 2.17. The summed E-state index contributed by atoms with van der Waals surface area (Å²) in [5, 5.41) is 3.91. The van der Waals surface area contributed by atoms with Crippen LogP contribution in [0.4, 0.5) is 0 Å². The Labute approximate surface area is 91.1 Å². The molecule has 0 bridgehead atoms. The fourth-order valence-corrected chi connectivity index (χ4v) is 1.68. The number of nitrogens with zero attached hydrogens (tertiary/aromatic N) is 1. The molecule has 2 aromatic rings. The highest BCUT2D eigenvalue weighted by Crippen LogP contribution is 2.27. The van der Waals surface area contributed by atoms with E-state index in [4.69, 9.17) is 4.52 Å². The Hall–Kier alpha value is -1.09. The number of aromatic nitrogens is 1. The summed E-state index contributed by atoms with van der Waals surface area (Å²) in [6.07, 6.45) is 1.59. The van der Waals surface area contributed by atoms with Crippen LogP contribution in [-0.4, -0.2) is 5.16 Å². The quantitative estimate of drug-likeness (QED) is 0.773. The van der Waals surface area contributed by atoms with Crippen molar-refractivity contribution in [3.63, 3.8) is 0 Å². The molecule has 2 nitrogen and oxygen atoms in total. The van der Waals surface area contributed by atoms with E-state index >= 15 is 0 Å². The molecule has 0 atom stereocenters. The minimum absolute atomic E-state index is 0.878. The first-order chi connectivity index (χ1) is 6.68. The molecule has 1 heterocycles. The van der Waals surface area contributed by atoms with Gasteiger partial charge < -0.3 is 4.52 Å². The molecule has 3 heteroatoms. The molecule has 1 aromatic heterocycles. The van der Waals surface area contributed by atoms with E-state index in [-0.39, 0.29) is 0 Å². The predicted octanol–water partition coefficient (Wildman–Crippen LogP) is 3.72. The molecule has 0 amide bonds. The molecule has 0 spiro atoms. The Morgan fingerprint density at radius 2 is 1.86 bits per heavy atom. The molecule has 0 radical (unpaired) electrons. The van der Waals surface area contributed by atoms with E-state index in [0.29, 0.717) is 0 Å². The molecule has 0 unspecified atom stereocenters. The zero-order chi connectivity index (χ0) is 10.1. The second kappa shape index (κ2) is 3.58. The highest BCUT2D eigenvalue weighted by molar-refractivity contribution is 9.10. The summed E-state index contributed by atoms with van der Waals surface area (Å²) in [6, 6.07) is 6.05. The van der Waals surface area contributed by atoms with E-state index in [1.54, 1.807) is 6.26 Å². The minimum atomic E-state index is 0.878. The lowest BCUT2D eigenvalue weighted by atomic mass is 10.1. The van der Waals surface area contributed by atoms with Gasteiger partial charge in [0.2, 0.25) is 0 Å². The van der Waals surface area contributed by atoms with Gasteiger partial charge in [0.05, 0.1) is 0 Å². The van der Waals surface area contributed by atoms with E-state index < -0.39 is 0 Å². The third kappa shape index (κ3) is 1.60.